The van der Waals surface area contributed by atoms with Crippen molar-refractivity contribution in [3.05, 3.63) is 29.3 Å². The van der Waals surface area contributed by atoms with Gasteiger partial charge in [0, 0.05) is 36.4 Å². The fraction of sp³-hybridized carbons (Fsp3) is 0.462. The van der Waals surface area contributed by atoms with Gasteiger partial charge in [0.25, 0.3) is 15.0 Å². The SMILES string of the molecule is COCc1ccc(C(=O)N2CCOCC2)cc1S(=O)(=O)Cl. The van der Waals surface area contributed by atoms with Crippen LogP contribution >= 0.6 is 10.7 Å². The molecule has 0 radical (unpaired) electrons. The Morgan fingerprint density at radius 1 is 1.38 bits per heavy atom. The molecule has 2 rings (SSSR count). The largest absolute Gasteiger partial charge is 0.380 e. The highest BCUT2D eigenvalue weighted by Crippen LogP contribution is 2.23. The number of carbonyl (C=O) groups excluding carboxylic acids is 1. The van der Waals surface area contributed by atoms with Gasteiger partial charge in [0.05, 0.1) is 24.7 Å². The Labute approximate surface area is 128 Å². The molecule has 116 valence electrons. The number of amides is 1. The quantitative estimate of drug-likeness (QED) is 0.775. The zero-order chi connectivity index (χ0) is 15.5. The molecule has 0 unspecified atom stereocenters. The van der Waals surface area contributed by atoms with Gasteiger partial charge in [-0.05, 0) is 17.7 Å². The van der Waals surface area contributed by atoms with Crippen molar-refractivity contribution >= 4 is 25.6 Å². The predicted molar refractivity (Wildman–Crippen MR) is 76.9 cm³/mol. The summed E-state index contributed by atoms with van der Waals surface area (Å²) >= 11 is 0. The molecule has 1 aliphatic rings. The maximum Gasteiger partial charge on any atom is 0.261 e. The third-order valence-corrected chi connectivity index (χ3v) is 4.58. The minimum atomic E-state index is -3.95. The summed E-state index contributed by atoms with van der Waals surface area (Å²) in [5.74, 6) is -0.233. The molecule has 0 spiro atoms. The highest BCUT2D eigenvalue weighted by Gasteiger charge is 2.22. The van der Waals surface area contributed by atoms with Gasteiger partial charge in [0.2, 0.25) is 0 Å². The molecule has 1 fully saturated rings. The lowest BCUT2D eigenvalue weighted by Crippen LogP contribution is -2.40. The molecular weight excluding hydrogens is 318 g/mol. The topological polar surface area (TPSA) is 72.9 Å². The molecule has 0 saturated carbocycles. The molecule has 1 aromatic carbocycles. The van der Waals surface area contributed by atoms with Gasteiger partial charge in [-0.25, -0.2) is 8.42 Å². The number of rotatable bonds is 4. The number of ether oxygens (including phenoxy) is 2. The number of halogens is 1. The molecule has 1 amide bonds. The van der Waals surface area contributed by atoms with Crippen LogP contribution in [0.3, 0.4) is 0 Å². The zero-order valence-electron chi connectivity index (χ0n) is 11.5. The molecule has 6 nitrogen and oxygen atoms in total. The van der Waals surface area contributed by atoms with E-state index in [9.17, 15) is 13.2 Å². The van der Waals surface area contributed by atoms with Gasteiger partial charge in [-0.15, -0.1) is 0 Å². The summed E-state index contributed by atoms with van der Waals surface area (Å²) < 4.78 is 33.4. The highest BCUT2D eigenvalue weighted by molar-refractivity contribution is 8.13. The molecular formula is C13H16ClNO5S. The molecule has 1 aromatic rings. The van der Waals surface area contributed by atoms with Crippen LogP contribution in [-0.2, 0) is 25.1 Å². The van der Waals surface area contributed by atoms with Gasteiger partial charge in [-0.1, -0.05) is 6.07 Å². The second-order valence-electron chi connectivity index (χ2n) is 4.60. The molecule has 0 aliphatic carbocycles. The van der Waals surface area contributed by atoms with E-state index < -0.39 is 9.05 Å². The van der Waals surface area contributed by atoms with Gasteiger partial charge in [-0.3, -0.25) is 4.79 Å². The van der Waals surface area contributed by atoms with Gasteiger partial charge >= 0.3 is 0 Å². The molecule has 0 aromatic heterocycles. The minimum absolute atomic E-state index is 0.0925. The van der Waals surface area contributed by atoms with E-state index in [1.807, 2.05) is 0 Å². The van der Waals surface area contributed by atoms with E-state index in [-0.39, 0.29) is 23.0 Å². The third kappa shape index (κ3) is 3.94. The van der Waals surface area contributed by atoms with Crippen molar-refractivity contribution in [2.24, 2.45) is 0 Å². The number of morpholine rings is 1. The van der Waals surface area contributed by atoms with Crippen LogP contribution in [0.1, 0.15) is 15.9 Å². The predicted octanol–water partition coefficient (Wildman–Crippen LogP) is 1.23. The van der Waals surface area contributed by atoms with E-state index in [0.29, 0.717) is 31.9 Å². The first-order valence-corrected chi connectivity index (χ1v) is 8.68. The Bertz CT molecular complexity index is 625. The Balaban J connectivity index is 2.34. The van der Waals surface area contributed by atoms with E-state index in [1.54, 1.807) is 17.0 Å². The smallest absolute Gasteiger partial charge is 0.261 e. The number of carbonyl (C=O) groups is 1. The van der Waals surface area contributed by atoms with Crippen molar-refractivity contribution in [3.8, 4) is 0 Å². The van der Waals surface area contributed by atoms with E-state index in [0.717, 1.165) is 0 Å². The lowest BCUT2D eigenvalue weighted by Gasteiger charge is -2.27. The normalized spacial score (nSPS) is 16.0. The zero-order valence-corrected chi connectivity index (χ0v) is 13.1. The second kappa shape index (κ2) is 6.74. The average molecular weight is 334 g/mol. The maximum absolute atomic E-state index is 12.3. The summed E-state index contributed by atoms with van der Waals surface area (Å²) in [7, 11) is 2.94. The van der Waals surface area contributed by atoms with Crippen LogP contribution in [0.4, 0.5) is 0 Å². The summed E-state index contributed by atoms with van der Waals surface area (Å²) in [4.78, 5) is 13.9. The fourth-order valence-electron chi connectivity index (χ4n) is 2.14. The van der Waals surface area contributed by atoms with Crippen molar-refractivity contribution in [1.82, 2.24) is 4.90 Å². The first kappa shape index (κ1) is 16.2. The lowest BCUT2D eigenvalue weighted by atomic mass is 10.1. The third-order valence-electron chi connectivity index (χ3n) is 3.17. The first-order chi connectivity index (χ1) is 9.93. The van der Waals surface area contributed by atoms with E-state index in [4.69, 9.17) is 20.2 Å². The van der Waals surface area contributed by atoms with E-state index in [2.05, 4.69) is 0 Å². The van der Waals surface area contributed by atoms with Crippen molar-refractivity contribution in [2.75, 3.05) is 33.4 Å². The van der Waals surface area contributed by atoms with Gasteiger partial charge < -0.3 is 14.4 Å². The summed E-state index contributed by atoms with van der Waals surface area (Å²) in [6.07, 6.45) is 0. The number of methoxy groups -OCH3 is 1. The van der Waals surface area contributed by atoms with Crippen molar-refractivity contribution in [2.45, 2.75) is 11.5 Å². The molecule has 21 heavy (non-hydrogen) atoms. The lowest BCUT2D eigenvalue weighted by molar-refractivity contribution is 0.0302. The number of hydrogen-bond acceptors (Lipinski definition) is 5. The van der Waals surface area contributed by atoms with Crippen LogP contribution < -0.4 is 0 Å². The van der Waals surface area contributed by atoms with Crippen molar-refractivity contribution < 1.29 is 22.7 Å². The Kier molecular flexibility index (Phi) is 5.21. The van der Waals surface area contributed by atoms with Crippen LogP contribution in [-0.4, -0.2) is 52.6 Å². The summed E-state index contributed by atoms with van der Waals surface area (Å²) in [5, 5.41) is 0. The van der Waals surface area contributed by atoms with Crippen LogP contribution in [0.2, 0.25) is 0 Å². The Hall–Kier alpha value is -1.15. The van der Waals surface area contributed by atoms with Gasteiger partial charge in [0.15, 0.2) is 0 Å². The average Bonchev–Trinajstić information content (AvgIpc) is 2.47. The summed E-state index contributed by atoms with van der Waals surface area (Å²) in [5.41, 5.74) is 0.710. The fourth-order valence-corrected chi connectivity index (χ4v) is 3.28. The van der Waals surface area contributed by atoms with Gasteiger partial charge in [-0.2, -0.15) is 0 Å². The van der Waals surface area contributed by atoms with Crippen LogP contribution in [0.15, 0.2) is 23.1 Å². The molecule has 1 aliphatic heterocycles. The van der Waals surface area contributed by atoms with E-state index in [1.165, 1.54) is 13.2 Å². The van der Waals surface area contributed by atoms with Gasteiger partial charge in [0.1, 0.15) is 0 Å². The molecule has 8 heteroatoms. The standard InChI is InChI=1S/C13H16ClNO5S/c1-19-9-11-3-2-10(8-12(11)21(14,17)18)13(16)15-4-6-20-7-5-15/h2-3,8H,4-7,9H2,1H3. The van der Waals surface area contributed by atoms with Crippen molar-refractivity contribution in [3.63, 3.8) is 0 Å². The van der Waals surface area contributed by atoms with E-state index >= 15 is 0 Å². The summed E-state index contributed by atoms with van der Waals surface area (Å²) in [6, 6.07) is 4.43. The number of hydrogen-bond donors (Lipinski definition) is 0. The highest BCUT2D eigenvalue weighted by atomic mass is 35.7. The number of nitrogens with zero attached hydrogens (tertiary/aromatic N) is 1. The molecule has 0 N–H and O–H groups in total. The Morgan fingerprint density at radius 3 is 2.62 bits per heavy atom. The van der Waals surface area contributed by atoms with Crippen molar-refractivity contribution in [1.29, 1.82) is 0 Å². The Morgan fingerprint density at radius 2 is 2.05 bits per heavy atom. The molecule has 0 bridgehead atoms. The minimum Gasteiger partial charge on any atom is -0.380 e. The maximum atomic E-state index is 12.3. The van der Waals surface area contributed by atoms with Crippen LogP contribution in [0.25, 0.3) is 0 Å². The van der Waals surface area contributed by atoms with Crippen LogP contribution in [0, 0.1) is 0 Å². The molecule has 1 saturated heterocycles. The first-order valence-electron chi connectivity index (χ1n) is 6.37. The number of benzene rings is 1. The monoisotopic (exact) mass is 333 g/mol. The van der Waals surface area contributed by atoms with Crippen LogP contribution in [0.5, 0.6) is 0 Å². The second-order valence-corrected chi connectivity index (χ2v) is 7.13. The summed E-state index contributed by atoms with van der Waals surface area (Å²) in [6.45, 7) is 2.04. The molecule has 1 heterocycles. The molecule has 0 atom stereocenters.